The number of hydrogen-bond acceptors (Lipinski definition) is 5. The molecule has 1 N–H and O–H groups in total. The van der Waals surface area contributed by atoms with Gasteiger partial charge in [0.2, 0.25) is 5.91 Å². The van der Waals surface area contributed by atoms with Crippen LogP contribution in [0.25, 0.3) is 0 Å². The van der Waals surface area contributed by atoms with Gasteiger partial charge in [-0.15, -0.1) is 0 Å². The van der Waals surface area contributed by atoms with E-state index in [1.807, 2.05) is 43.3 Å². The highest BCUT2D eigenvalue weighted by atomic mass is 16.5. The number of carbonyl (C=O) groups excluding carboxylic acids is 2. The van der Waals surface area contributed by atoms with E-state index in [4.69, 9.17) is 4.74 Å². The van der Waals surface area contributed by atoms with Gasteiger partial charge in [0.15, 0.2) is 0 Å². The van der Waals surface area contributed by atoms with Crippen LogP contribution in [0.15, 0.2) is 29.4 Å². The lowest BCUT2D eigenvalue weighted by Crippen LogP contribution is -2.41. The van der Waals surface area contributed by atoms with Crippen molar-refractivity contribution in [2.75, 3.05) is 34.8 Å². The number of likely N-dealkylation sites (N-methyl/N-ethyl adjacent to an activating group) is 1. The van der Waals surface area contributed by atoms with E-state index < -0.39 is 0 Å². The average Bonchev–Trinajstić information content (AvgIpc) is 2.57. The molecule has 2 rings (SSSR count). The Kier molecular flexibility index (Phi) is 5.92. The van der Waals surface area contributed by atoms with Gasteiger partial charge in [0.25, 0.3) is 5.91 Å². The molecule has 1 unspecified atom stereocenters. The van der Waals surface area contributed by atoms with Gasteiger partial charge in [0.1, 0.15) is 11.5 Å². The van der Waals surface area contributed by atoms with Crippen molar-refractivity contribution in [2.24, 2.45) is 5.10 Å². The predicted octanol–water partition coefficient (Wildman–Crippen LogP) is 1.02. The van der Waals surface area contributed by atoms with E-state index in [0.717, 1.165) is 11.3 Å². The minimum atomic E-state index is -0.227. The quantitative estimate of drug-likeness (QED) is 0.844. The topological polar surface area (TPSA) is 74.2 Å². The second-order valence-electron chi connectivity index (χ2n) is 5.93. The molecule has 1 heterocycles. The number of hydrazone groups is 1. The Morgan fingerprint density at radius 2 is 2.00 bits per heavy atom. The number of ether oxygens (including phenoxy) is 1. The molecule has 0 spiro atoms. The van der Waals surface area contributed by atoms with Crippen LogP contribution in [0, 0.1) is 0 Å². The zero-order valence-corrected chi connectivity index (χ0v) is 14.6. The Bertz CT molecular complexity index is 625. The van der Waals surface area contributed by atoms with Crippen LogP contribution in [0.2, 0.25) is 0 Å². The lowest BCUT2D eigenvalue weighted by molar-refractivity contribution is -0.130. The van der Waals surface area contributed by atoms with Crippen LogP contribution in [0.4, 0.5) is 0 Å². The number of benzene rings is 1. The summed E-state index contributed by atoms with van der Waals surface area (Å²) in [6.07, 6.45) is 0.697. The second-order valence-corrected chi connectivity index (χ2v) is 5.93. The Labute approximate surface area is 142 Å². The maximum atomic E-state index is 12.3. The highest BCUT2D eigenvalue weighted by Crippen LogP contribution is 2.20. The van der Waals surface area contributed by atoms with Crippen molar-refractivity contribution in [1.82, 2.24) is 15.2 Å². The summed E-state index contributed by atoms with van der Waals surface area (Å²) in [4.78, 5) is 25.8. The maximum absolute atomic E-state index is 12.3. The van der Waals surface area contributed by atoms with Crippen LogP contribution in [0.1, 0.15) is 24.4 Å². The van der Waals surface area contributed by atoms with E-state index in [-0.39, 0.29) is 17.9 Å². The molecule has 130 valence electrons. The zero-order valence-electron chi connectivity index (χ0n) is 14.6. The maximum Gasteiger partial charge on any atom is 0.267 e. The fourth-order valence-electron chi connectivity index (χ4n) is 2.55. The van der Waals surface area contributed by atoms with E-state index in [9.17, 15) is 9.59 Å². The molecule has 0 aromatic heterocycles. The number of amides is 2. The Hall–Kier alpha value is -2.41. The summed E-state index contributed by atoms with van der Waals surface area (Å²) in [7, 11) is 7.12. The van der Waals surface area contributed by atoms with Gasteiger partial charge in [-0.3, -0.25) is 9.59 Å². The van der Waals surface area contributed by atoms with Gasteiger partial charge >= 0.3 is 0 Å². The fraction of sp³-hybridized carbons (Fsp3) is 0.471. The summed E-state index contributed by atoms with van der Waals surface area (Å²) in [6, 6.07) is 7.81. The lowest BCUT2D eigenvalue weighted by Gasteiger charge is -2.26. The molecule has 0 saturated carbocycles. The zero-order chi connectivity index (χ0) is 17.7. The van der Waals surface area contributed by atoms with Crippen molar-refractivity contribution < 1.29 is 14.3 Å². The van der Waals surface area contributed by atoms with Gasteiger partial charge in [0, 0.05) is 26.4 Å². The first-order valence-electron chi connectivity index (χ1n) is 7.85. The van der Waals surface area contributed by atoms with Gasteiger partial charge in [-0.05, 0) is 31.8 Å². The molecular weight excluding hydrogens is 308 g/mol. The van der Waals surface area contributed by atoms with Crippen molar-refractivity contribution in [3.05, 3.63) is 29.8 Å². The smallest absolute Gasteiger partial charge is 0.267 e. The molecule has 0 radical (unpaired) electrons. The molecule has 24 heavy (non-hydrogen) atoms. The molecule has 0 bridgehead atoms. The van der Waals surface area contributed by atoms with Crippen molar-refractivity contribution in [2.45, 2.75) is 18.9 Å². The van der Waals surface area contributed by atoms with Crippen molar-refractivity contribution >= 4 is 17.5 Å². The summed E-state index contributed by atoms with van der Waals surface area (Å²) < 4.78 is 5.17. The molecule has 7 nitrogen and oxygen atoms in total. The van der Waals surface area contributed by atoms with Crippen LogP contribution in [0.3, 0.4) is 0 Å². The Morgan fingerprint density at radius 1 is 1.33 bits per heavy atom. The number of nitrogens with one attached hydrogen (secondary N) is 1. The minimum Gasteiger partial charge on any atom is -0.497 e. The van der Waals surface area contributed by atoms with Gasteiger partial charge in [-0.1, -0.05) is 12.1 Å². The number of hydrogen-bond donors (Lipinski definition) is 1. The Balaban J connectivity index is 2.02. The number of nitrogens with zero attached hydrogens (tertiary/aromatic N) is 3. The van der Waals surface area contributed by atoms with Crippen molar-refractivity contribution in [1.29, 1.82) is 0 Å². The number of carbonyl (C=O) groups is 2. The van der Waals surface area contributed by atoms with E-state index in [2.05, 4.69) is 10.4 Å². The SMILES string of the molecule is COc1ccc(C(CNC(=O)C2=NN(C)C(=O)CC2)N(C)C)cc1. The number of rotatable bonds is 6. The van der Waals surface area contributed by atoms with Gasteiger partial charge in [0.05, 0.1) is 13.2 Å². The van der Waals surface area contributed by atoms with E-state index in [0.29, 0.717) is 25.1 Å². The van der Waals surface area contributed by atoms with E-state index in [1.165, 1.54) is 5.01 Å². The molecule has 1 aliphatic heterocycles. The van der Waals surface area contributed by atoms with Crippen LogP contribution in [0.5, 0.6) is 5.75 Å². The summed E-state index contributed by atoms with van der Waals surface area (Å²) in [5.41, 5.74) is 1.48. The fourth-order valence-corrected chi connectivity index (χ4v) is 2.55. The first-order valence-corrected chi connectivity index (χ1v) is 7.85. The first-order chi connectivity index (χ1) is 11.4. The molecule has 1 aliphatic rings. The second kappa shape index (κ2) is 7.92. The third kappa shape index (κ3) is 4.32. The van der Waals surface area contributed by atoms with Crippen molar-refractivity contribution in [3.63, 3.8) is 0 Å². The average molecular weight is 332 g/mol. The van der Waals surface area contributed by atoms with Crippen LogP contribution < -0.4 is 10.1 Å². The molecule has 1 aromatic rings. The monoisotopic (exact) mass is 332 g/mol. The third-order valence-corrected chi connectivity index (χ3v) is 4.05. The third-order valence-electron chi connectivity index (χ3n) is 4.05. The normalized spacial score (nSPS) is 16.0. The van der Waals surface area contributed by atoms with E-state index in [1.54, 1.807) is 14.2 Å². The highest BCUT2D eigenvalue weighted by Gasteiger charge is 2.23. The molecule has 1 atom stereocenters. The predicted molar refractivity (Wildman–Crippen MR) is 91.9 cm³/mol. The van der Waals surface area contributed by atoms with Gasteiger partial charge in [-0.25, -0.2) is 5.01 Å². The minimum absolute atomic E-state index is 0.0309. The summed E-state index contributed by atoms with van der Waals surface area (Å²) in [5, 5.41) is 8.18. The summed E-state index contributed by atoms with van der Waals surface area (Å²) >= 11 is 0. The van der Waals surface area contributed by atoms with Gasteiger partial charge in [-0.2, -0.15) is 5.10 Å². The standard InChI is InChI=1S/C17H24N4O3/c1-20(2)15(12-5-7-13(24-4)8-6-12)11-18-17(23)14-9-10-16(22)21(3)19-14/h5-8,15H,9-11H2,1-4H3,(H,18,23). The molecule has 2 amide bonds. The molecular formula is C17H24N4O3. The number of methoxy groups -OCH3 is 1. The molecule has 7 heteroatoms. The lowest BCUT2D eigenvalue weighted by atomic mass is 10.1. The van der Waals surface area contributed by atoms with Crippen molar-refractivity contribution in [3.8, 4) is 5.75 Å². The van der Waals surface area contributed by atoms with Gasteiger partial charge < -0.3 is 15.0 Å². The summed E-state index contributed by atoms with van der Waals surface area (Å²) in [6.45, 7) is 0.453. The molecule has 1 aromatic carbocycles. The largest absolute Gasteiger partial charge is 0.497 e. The summed E-state index contributed by atoms with van der Waals surface area (Å²) in [5.74, 6) is 0.496. The molecule has 0 aliphatic carbocycles. The molecule has 0 fully saturated rings. The van der Waals surface area contributed by atoms with E-state index >= 15 is 0 Å². The Morgan fingerprint density at radius 3 is 2.54 bits per heavy atom. The van der Waals surface area contributed by atoms with Crippen LogP contribution in [-0.2, 0) is 9.59 Å². The molecule has 0 saturated heterocycles. The van der Waals surface area contributed by atoms with Crippen LogP contribution in [-0.4, -0.2) is 62.2 Å². The van der Waals surface area contributed by atoms with Crippen LogP contribution >= 0.6 is 0 Å². The first kappa shape index (κ1) is 17.9. The highest BCUT2D eigenvalue weighted by molar-refractivity contribution is 6.39.